The Balaban J connectivity index is 1.23. The van der Waals surface area contributed by atoms with Gasteiger partial charge in [0.25, 0.3) is 0 Å². The minimum atomic E-state index is -0.243. The number of pyridine rings is 1. The van der Waals surface area contributed by atoms with Crippen LogP contribution >= 0.6 is 0 Å². The molecule has 1 unspecified atom stereocenters. The van der Waals surface area contributed by atoms with Crippen molar-refractivity contribution in [3.8, 4) is 6.07 Å². The van der Waals surface area contributed by atoms with Gasteiger partial charge < -0.3 is 20.4 Å². The largest absolute Gasteiger partial charge is 0.369 e. The Morgan fingerprint density at radius 1 is 1.06 bits per heavy atom. The number of rotatable bonds is 4. The molecule has 4 rings (SSSR count). The van der Waals surface area contributed by atoms with Gasteiger partial charge in [-0.25, -0.2) is 14.2 Å². The number of hydrogen-bond donors (Lipinski definition) is 2. The molecule has 7 nitrogen and oxygen atoms in total. The van der Waals surface area contributed by atoms with Gasteiger partial charge in [-0.2, -0.15) is 5.26 Å². The number of piperidine rings is 2. The van der Waals surface area contributed by atoms with Crippen molar-refractivity contribution in [1.29, 1.82) is 5.26 Å². The number of nitrogens with zero attached hydrogens (tertiary/aromatic N) is 4. The van der Waals surface area contributed by atoms with Crippen molar-refractivity contribution < 1.29 is 9.18 Å². The lowest BCUT2D eigenvalue weighted by molar-refractivity contribution is 0.228. The van der Waals surface area contributed by atoms with Gasteiger partial charge in [-0.1, -0.05) is 6.07 Å². The monoisotopic (exact) mass is 422 g/mol. The summed E-state index contributed by atoms with van der Waals surface area (Å²) in [6, 6.07) is 12.4. The number of carbonyl (C=O) groups excluding carboxylic acids is 1. The Bertz CT molecular complexity index is 936. The van der Waals surface area contributed by atoms with E-state index in [4.69, 9.17) is 5.26 Å². The maximum atomic E-state index is 13.5. The molecule has 2 saturated heterocycles. The van der Waals surface area contributed by atoms with E-state index in [2.05, 4.69) is 31.5 Å². The quantitative estimate of drug-likeness (QED) is 0.791. The third-order valence-corrected chi connectivity index (χ3v) is 5.96. The summed E-state index contributed by atoms with van der Waals surface area (Å²) in [7, 11) is 0. The number of halogens is 1. The number of amides is 2. The maximum Gasteiger partial charge on any atom is 0.315 e. The van der Waals surface area contributed by atoms with Crippen LogP contribution in [-0.2, 0) is 0 Å². The van der Waals surface area contributed by atoms with Crippen molar-refractivity contribution in [2.45, 2.75) is 37.8 Å². The van der Waals surface area contributed by atoms with E-state index in [1.165, 1.54) is 6.07 Å². The van der Waals surface area contributed by atoms with Gasteiger partial charge in [-0.05, 0) is 56.0 Å². The second kappa shape index (κ2) is 9.65. The lowest BCUT2D eigenvalue weighted by atomic mass is 10.0. The van der Waals surface area contributed by atoms with Gasteiger partial charge in [0, 0.05) is 50.1 Å². The minimum Gasteiger partial charge on any atom is -0.369 e. The molecule has 0 aliphatic carbocycles. The van der Waals surface area contributed by atoms with E-state index in [1.54, 1.807) is 24.4 Å². The number of carbonyl (C=O) groups is 1. The van der Waals surface area contributed by atoms with Gasteiger partial charge in [0.1, 0.15) is 17.7 Å². The van der Waals surface area contributed by atoms with Crippen LogP contribution in [0.4, 0.5) is 20.7 Å². The summed E-state index contributed by atoms with van der Waals surface area (Å²) in [6.07, 6.45) is 5.15. The Morgan fingerprint density at radius 2 is 1.87 bits per heavy atom. The van der Waals surface area contributed by atoms with Gasteiger partial charge in [-0.15, -0.1) is 0 Å². The van der Waals surface area contributed by atoms with Crippen molar-refractivity contribution >= 4 is 17.5 Å². The van der Waals surface area contributed by atoms with E-state index in [-0.39, 0.29) is 23.9 Å². The van der Waals surface area contributed by atoms with Crippen LogP contribution in [0.3, 0.4) is 0 Å². The van der Waals surface area contributed by atoms with Gasteiger partial charge in [0.05, 0.1) is 5.56 Å². The van der Waals surface area contributed by atoms with E-state index >= 15 is 0 Å². The third kappa shape index (κ3) is 5.43. The van der Waals surface area contributed by atoms with E-state index < -0.39 is 0 Å². The Kier molecular flexibility index (Phi) is 6.51. The molecule has 8 heteroatoms. The highest BCUT2D eigenvalue weighted by molar-refractivity contribution is 5.74. The summed E-state index contributed by atoms with van der Waals surface area (Å²) in [4.78, 5) is 21.2. The number of nitriles is 1. The minimum absolute atomic E-state index is 0.0416. The topological polar surface area (TPSA) is 84.3 Å². The van der Waals surface area contributed by atoms with Crippen LogP contribution in [0.1, 0.15) is 31.2 Å². The van der Waals surface area contributed by atoms with Crippen molar-refractivity contribution in [1.82, 2.24) is 15.6 Å². The number of hydrogen-bond acceptors (Lipinski definition) is 5. The van der Waals surface area contributed by atoms with Gasteiger partial charge in [-0.3, -0.25) is 0 Å². The van der Waals surface area contributed by atoms with Crippen molar-refractivity contribution in [2.24, 2.45) is 0 Å². The second-order valence-corrected chi connectivity index (χ2v) is 8.16. The van der Waals surface area contributed by atoms with E-state index in [9.17, 15) is 9.18 Å². The highest BCUT2D eigenvalue weighted by Gasteiger charge is 2.25. The lowest BCUT2D eigenvalue weighted by Crippen LogP contribution is -2.54. The number of aromatic nitrogens is 1. The fourth-order valence-corrected chi connectivity index (χ4v) is 4.31. The SMILES string of the molecule is N#Cc1ccc(N2CCC(NC(=O)NC3CCCN(c4cccc(F)c4)C3)CC2)nc1. The van der Waals surface area contributed by atoms with Gasteiger partial charge in [0.15, 0.2) is 0 Å². The first kappa shape index (κ1) is 20.9. The Labute approximate surface area is 181 Å². The zero-order valence-corrected chi connectivity index (χ0v) is 17.4. The molecule has 1 atom stereocenters. The average molecular weight is 423 g/mol. The molecule has 2 aromatic rings. The zero-order valence-electron chi connectivity index (χ0n) is 17.4. The molecule has 2 aliphatic rings. The zero-order chi connectivity index (χ0) is 21.6. The molecule has 162 valence electrons. The van der Waals surface area contributed by atoms with Crippen molar-refractivity contribution in [3.05, 3.63) is 54.0 Å². The number of nitrogens with one attached hydrogen (secondary N) is 2. The van der Waals surface area contributed by atoms with Crippen LogP contribution in [0.25, 0.3) is 0 Å². The van der Waals surface area contributed by atoms with Crippen LogP contribution in [0.15, 0.2) is 42.6 Å². The first-order chi connectivity index (χ1) is 15.1. The second-order valence-electron chi connectivity index (χ2n) is 8.16. The van der Waals surface area contributed by atoms with E-state index in [1.807, 2.05) is 12.1 Å². The van der Waals surface area contributed by atoms with Crippen LogP contribution < -0.4 is 20.4 Å². The number of urea groups is 1. The Morgan fingerprint density at radius 3 is 2.58 bits per heavy atom. The molecule has 0 spiro atoms. The molecule has 2 fully saturated rings. The molecule has 2 amide bonds. The van der Waals surface area contributed by atoms with E-state index in [0.717, 1.165) is 56.8 Å². The lowest BCUT2D eigenvalue weighted by Gasteiger charge is -2.36. The molecule has 1 aromatic carbocycles. The summed E-state index contributed by atoms with van der Waals surface area (Å²) < 4.78 is 13.5. The maximum absolute atomic E-state index is 13.5. The smallest absolute Gasteiger partial charge is 0.315 e. The fraction of sp³-hybridized carbons (Fsp3) is 0.435. The summed E-state index contributed by atoms with van der Waals surface area (Å²) in [5, 5.41) is 15.1. The van der Waals surface area contributed by atoms with Gasteiger partial charge in [0.2, 0.25) is 0 Å². The highest BCUT2D eigenvalue weighted by atomic mass is 19.1. The average Bonchev–Trinajstić information content (AvgIpc) is 2.80. The number of anilines is 2. The van der Waals surface area contributed by atoms with E-state index in [0.29, 0.717) is 12.1 Å². The van der Waals surface area contributed by atoms with Crippen LogP contribution in [0.5, 0.6) is 0 Å². The standard InChI is InChI=1S/C23H27FN6O/c24-18-3-1-5-21(13-18)30-10-2-4-20(16-30)28-23(31)27-19-8-11-29(12-9-19)22-7-6-17(14-25)15-26-22/h1,3,5-7,13,15,19-20H,2,4,8-12,16H2,(H2,27,28,31). The molecule has 0 radical (unpaired) electrons. The molecule has 1 aromatic heterocycles. The normalized spacial score (nSPS) is 19.5. The summed E-state index contributed by atoms with van der Waals surface area (Å²) in [6.45, 7) is 3.16. The molecular weight excluding hydrogens is 395 g/mol. The molecule has 0 bridgehead atoms. The summed E-state index contributed by atoms with van der Waals surface area (Å²) in [5.74, 6) is 0.620. The van der Waals surface area contributed by atoms with Crippen LogP contribution in [0, 0.1) is 17.1 Å². The predicted molar refractivity (Wildman–Crippen MR) is 117 cm³/mol. The summed E-state index contributed by atoms with van der Waals surface area (Å²) in [5.41, 5.74) is 1.41. The molecule has 2 N–H and O–H groups in total. The van der Waals surface area contributed by atoms with Crippen LogP contribution in [0.2, 0.25) is 0 Å². The summed E-state index contributed by atoms with van der Waals surface area (Å²) >= 11 is 0. The molecule has 31 heavy (non-hydrogen) atoms. The van der Waals surface area contributed by atoms with Crippen molar-refractivity contribution in [2.75, 3.05) is 36.0 Å². The first-order valence-electron chi connectivity index (χ1n) is 10.8. The molecule has 2 aliphatic heterocycles. The van der Waals surface area contributed by atoms with Crippen molar-refractivity contribution in [3.63, 3.8) is 0 Å². The van der Waals surface area contributed by atoms with Gasteiger partial charge >= 0.3 is 6.03 Å². The molecular formula is C23H27FN6O. The molecule has 0 saturated carbocycles. The predicted octanol–water partition coefficient (Wildman–Crippen LogP) is 3.03. The highest BCUT2D eigenvalue weighted by Crippen LogP contribution is 2.21. The first-order valence-corrected chi connectivity index (χ1v) is 10.8. The number of benzene rings is 1. The third-order valence-electron chi connectivity index (χ3n) is 5.96. The Hall–Kier alpha value is -3.34. The molecule has 3 heterocycles. The van der Waals surface area contributed by atoms with Crippen LogP contribution in [-0.4, -0.2) is 49.3 Å². The fourth-order valence-electron chi connectivity index (χ4n) is 4.31.